The number of fused-ring (bicyclic) bond motifs is 1. The fourth-order valence-electron chi connectivity index (χ4n) is 4.62. The van der Waals surface area contributed by atoms with Gasteiger partial charge in [-0.15, -0.1) is 0 Å². The van der Waals surface area contributed by atoms with Crippen molar-refractivity contribution >= 4 is 23.6 Å². The number of nitrogens with zero attached hydrogens (tertiary/aromatic N) is 2. The second-order valence-corrected chi connectivity index (χ2v) is 10.9. The zero-order chi connectivity index (χ0) is 25.9. The van der Waals surface area contributed by atoms with Gasteiger partial charge in [0, 0.05) is 30.8 Å². The molecule has 0 atom stereocenters. The van der Waals surface area contributed by atoms with Crippen molar-refractivity contribution in [1.29, 1.82) is 5.26 Å². The third-order valence-electron chi connectivity index (χ3n) is 6.51. The summed E-state index contributed by atoms with van der Waals surface area (Å²) in [7, 11) is 0. The van der Waals surface area contributed by atoms with Gasteiger partial charge in [-0.2, -0.15) is 5.26 Å². The molecule has 36 heavy (non-hydrogen) atoms. The number of nitrogens with one attached hydrogen (secondary N) is 1. The maximum atomic E-state index is 12.9. The van der Waals surface area contributed by atoms with Crippen molar-refractivity contribution in [1.82, 2.24) is 10.2 Å². The minimum Gasteiger partial charge on any atom is -0.490 e. The Bertz CT molecular complexity index is 1180. The van der Waals surface area contributed by atoms with Crippen molar-refractivity contribution in [2.24, 2.45) is 0 Å². The minimum atomic E-state index is -0.526. The van der Waals surface area contributed by atoms with Crippen LogP contribution in [-0.2, 0) is 17.7 Å². The Morgan fingerprint density at radius 3 is 2.50 bits per heavy atom. The van der Waals surface area contributed by atoms with Crippen LogP contribution in [0, 0.1) is 11.3 Å². The van der Waals surface area contributed by atoms with E-state index in [2.05, 4.69) is 5.32 Å². The number of benzene rings is 2. The molecule has 0 unspecified atom stereocenters. The van der Waals surface area contributed by atoms with E-state index in [4.69, 9.17) is 26.3 Å². The summed E-state index contributed by atoms with van der Waals surface area (Å²) < 4.78 is 11.5. The highest BCUT2D eigenvalue weighted by molar-refractivity contribution is 6.31. The van der Waals surface area contributed by atoms with Crippen molar-refractivity contribution in [3.8, 4) is 11.8 Å². The Hall–Kier alpha value is -3.24. The molecule has 0 bridgehead atoms. The molecule has 0 saturated heterocycles. The van der Waals surface area contributed by atoms with Crippen LogP contribution in [0.25, 0.3) is 0 Å². The first-order chi connectivity index (χ1) is 17.1. The minimum absolute atomic E-state index is 0.0545. The first kappa shape index (κ1) is 25.8. The molecule has 2 aromatic rings. The lowest BCUT2D eigenvalue weighted by molar-refractivity contribution is 0.0223. The van der Waals surface area contributed by atoms with E-state index in [1.54, 1.807) is 23.1 Å². The van der Waals surface area contributed by atoms with Gasteiger partial charge in [0.25, 0.3) is 5.91 Å². The predicted molar refractivity (Wildman–Crippen MR) is 137 cm³/mol. The van der Waals surface area contributed by atoms with Crippen molar-refractivity contribution in [3.05, 3.63) is 63.7 Å². The van der Waals surface area contributed by atoms with Gasteiger partial charge in [0.2, 0.25) is 0 Å². The Morgan fingerprint density at radius 2 is 1.83 bits per heavy atom. The SMILES string of the molecule is CC(C)(C)OC(=O)N1CCc2cc(C(=O)NC3CCC(Oc4ccc(C#N)c(Cl)c4)CC3)ccc2C1. The molecule has 1 N–H and O–H groups in total. The highest BCUT2D eigenvalue weighted by Gasteiger charge is 2.27. The molecule has 190 valence electrons. The lowest BCUT2D eigenvalue weighted by atomic mass is 9.92. The third-order valence-corrected chi connectivity index (χ3v) is 6.82. The second-order valence-electron chi connectivity index (χ2n) is 10.5. The fourth-order valence-corrected chi connectivity index (χ4v) is 4.84. The quantitative estimate of drug-likeness (QED) is 0.577. The number of hydrogen-bond donors (Lipinski definition) is 1. The van der Waals surface area contributed by atoms with Crippen LogP contribution in [-0.4, -0.2) is 41.2 Å². The fraction of sp³-hybridized carbons (Fsp3) is 0.464. The number of rotatable bonds is 4. The first-order valence-electron chi connectivity index (χ1n) is 12.4. The van der Waals surface area contributed by atoms with Crippen LogP contribution in [0.2, 0.25) is 5.02 Å². The molecule has 1 aliphatic heterocycles. The summed E-state index contributed by atoms with van der Waals surface area (Å²) >= 11 is 6.10. The average Bonchev–Trinajstić information content (AvgIpc) is 2.83. The molecule has 1 fully saturated rings. The molecule has 1 aliphatic carbocycles. The van der Waals surface area contributed by atoms with Crippen molar-refractivity contribution in [2.75, 3.05) is 6.54 Å². The Morgan fingerprint density at radius 1 is 1.08 bits per heavy atom. The number of ether oxygens (including phenoxy) is 2. The molecular weight excluding hydrogens is 478 g/mol. The predicted octanol–water partition coefficient (Wildman–Crippen LogP) is 5.62. The zero-order valence-electron chi connectivity index (χ0n) is 21.0. The highest BCUT2D eigenvalue weighted by atomic mass is 35.5. The van der Waals surface area contributed by atoms with Crippen molar-refractivity contribution < 1.29 is 19.1 Å². The van der Waals surface area contributed by atoms with E-state index < -0.39 is 5.60 Å². The summed E-state index contributed by atoms with van der Waals surface area (Å²) in [5.41, 5.74) is 2.69. The molecule has 2 amide bonds. The molecule has 8 heteroatoms. The number of nitriles is 1. The molecular formula is C28H32ClN3O4. The highest BCUT2D eigenvalue weighted by Crippen LogP contribution is 2.28. The number of carbonyl (C=O) groups is 2. The summed E-state index contributed by atoms with van der Waals surface area (Å²) in [6, 6.07) is 13.0. The lowest BCUT2D eigenvalue weighted by Crippen LogP contribution is -2.40. The van der Waals surface area contributed by atoms with E-state index in [9.17, 15) is 9.59 Å². The van der Waals surface area contributed by atoms with E-state index in [1.165, 1.54) is 0 Å². The Balaban J connectivity index is 1.28. The van der Waals surface area contributed by atoms with Crippen LogP contribution in [0.4, 0.5) is 4.79 Å². The smallest absolute Gasteiger partial charge is 0.410 e. The zero-order valence-corrected chi connectivity index (χ0v) is 21.7. The van der Waals surface area contributed by atoms with Gasteiger partial charge in [0.15, 0.2) is 0 Å². The maximum Gasteiger partial charge on any atom is 0.410 e. The van der Waals surface area contributed by atoms with Crippen LogP contribution in [0.1, 0.15) is 73.5 Å². The van der Waals surface area contributed by atoms with E-state index in [-0.39, 0.29) is 24.1 Å². The van der Waals surface area contributed by atoms with Gasteiger partial charge >= 0.3 is 6.09 Å². The largest absolute Gasteiger partial charge is 0.490 e. The first-order valence-corrected chi connectivity index (χ1v) is 12.8. The maximum absolute atomic E-state index is 12.9. The molecule has 0 aromatic heterocycles. The van der Waals surface area contributed by atoms with Crippen LogP contribution in [0.15, 0.2) is 36.4 Å². The number of amides is 2. The molecule has 0 radical (unpaired) electrons. The van der Waals surface area contributed by atoms with Crippen molar-refractivity contribution in [3.63, 3.8) is 0 Å². The summed E-state index contributed by atoms with van der Waals surface area (Å²) in [6.07, 6.45) is 3.75. The molecule has 7 nitrogen and oxygen atoms in total. The summed E-state index contributed by atoms with van der Waals surface area (Å²) in [5.74, 6) is 0.585. The van der Waals surface area contributed by atoms with E-state index in [0.29, 0.717) is 41.4 Å². The van der Waals surface area contributed by atoms with Gasteiger partial charge in [-0.1, -0.05) is 17.7 Å². The van der Waals surface area contributed by atoms with Gasteiger partial charge in [0.05, 0.1) is 16.7 Å². The standard InChI is InChI=1S/C28H32ClN3O4/c1-28(2,3)36-27(34)32-13-12-18-14-19(4-5-21(18)17-32)26(33)31-22-7-10-23(11-8-22)35-24-9-6-20(16-30)25(29)15-24/h4-6,9,14-15,22-23H,7-8,10-13,17H2,1-3H3,(H,31,33). The average molecular weight is 510 g/mol. The molecule has 1 heterocycles. The number of hydrogen-bond acceptors (Lipinski definition) is 5. The van der Waals surface area contributed by atoms with Crippen LogP contribution in [0.3, 0.4) is 0 Å². The van der Waals surface area contributed by atoms with E-state index in [0.717, 1.165) is 36.8 Å². The number of carbonyl (C=O) groups excluding carboxylic acids is 2. The second kappa shape index (κ2) is 10.8. The summed E-state index contributed by atoms with van der Waals surface area (Å²) in [6.45, 7) is 6.64. The molecule has 2 aromatic carbocycles. The van der Waals surface area contributed by atoms with Crippen molar-refractivity contribution in [2.45, 2.75) is 77.2 Å². The van der Waals surface area contributed by atoms with E-state index in [1.807, 2.05) is 45.0 Å². The topological polar surface area (TPSA) is 91.7 Å². The van der Waals surface area contributed by atoms with Gasteiger partial charge in [-0.3, -0.25) is 4.79 Å². The third kappa shape index (κ3) is 6.50. The summed E-state index contributed by atoms with van der Waals surface area (Å²) in [5, 5.41) is 12.6. The van der Waals surface area contributed by atoms with E-state index >= 15 is 0 Å². The van der Waals surface area contributed by atoms with Gasteiger partial charge in [-0.05, 0) is 88.3 Å². The van der Waals surface area contributed by atoms with Crippen LogP contribution < -0.4 is 10.1 Å². The number of halogens is 1. The lowest BCUT2D eigenvalue weighted by Gasteiger charge is -2.31. The van der Waals surface area contributed by atoms with Crippen LogP contribution >= 0.6 is 11.6 Å². The monoisotopic (exact) mass is 509 g/mol. The molecule has 0 spiro atoms. The molecule has 4 rings (SSSR count). The normalized spacial score (nSPS) is 19.6. The van der Waals surface area contributed by atoms with Gasteiger partial charge in [0.1, 0.15) is 17.4 Å². The van der Waals surface area contributed by atoms with Crippen LogP contribution in [0.5, 0.6) is 5.75 Å². The summed E-state index contributed by atoms with van der Waals surface area (Å²) in [4.78, 5) is 27.0. The van der Waals surface area contributed by atoms with Gasteiger partial charge in [-0.25, -0.2) is 4.79 Å². The molecule has 2 aliphatic rings. The Kier molecular flexibility index (Phi) is 7.75. The Labute approximate surface area is 217 Å². The molecule has 1 saturated carbocycles. The van der Waals surface area contributed by atoms with Gasteiger partial charge < -0.3 is 19.7 Å².